The maximum atomic E-state index is 12.9. The predicted octanol–water partition coefficient (Wildman–Crippen LogP) is 2.90. The Bertz CT molecular complexity index is 341. The fourth-order valence-corrected chi connectivity index (χ4v) is 1.96. The van der Waals surface area contributed by atoms with Crippen molar-refractivity contribution in [3.63, 3.8) is 0 Å². The Morgan fingerprint density at radius 1 is 1.25 bits per heavy atom. The summed E-state index contributed by atoms with van der Waals surface area (Å²) in [5.41, 5.74) is 0.716. The van der Waals surface area contributed by atoms with Crippen LogP contribution in [-0.2, 0) is 6.42 Å². The van der Waals surface area contributed by atoms with E-state index in [0.717, 1.165) is 18.5 Å². The van der Waals surface area contributed by atoms with Gasteiger partial charge in [0.1, 0.15) is 11.6 Å². The molecule has 1 aliphatic carbocycles. The summed E-state index contributed by atoms with van der Waals surface area (Å²) < 4.78 is 25.8. The van der Waals surface area contributed by atoms with Crippen LogP contribution >= 0.6 is 0 Å². The molecule has 3 heteroatoms. The number of benzene rings is 1. The van der Waals surface area contributed by atoms with Gasteiger partial charge in [0.05, 0.1) is 0 Å². The highest BCUT2D eigenvalue weighted by molar-refractivity contribution is 5.18. The van der Waals surface area contributed by atoms with Crippen molar-refractivity contribution in [3.05, 3.63) is 35.4 Å². The molecule has 2 rings (SSSR count). The third-order valence-corrected chi connectivity index (χ3v) is 3.13. The van der Waals surface area contributed by atoms with Crippen LogP contribution in [0.15, 0.2) is 18.2 Å². The van der Waals surface area contributed by atoms with Crippen LogP contribution in [0.1, 0.15) is 25.3 Å². The van der Waals surface area contributed by atoms with Crippen molar-refractivity contribution in [2.75, 3.05) is 6.54 Å². The monoisotopic (exact) mass is 225 g/mol. The van der Waals surface area contributed by atoms with Crippen molar-refractivity contribution < 1.29 is 8.78 Å². The molecule has 0 aliphatic heterocycles. The first-order valence-corrected chi connectivity index (χ1v) is 5.83. The Morgan fingerprint density at radius 2 is 1.88 bits per heavy atom. The van der Waals surface area contributed by atoms with E-state index in [1.807, 2.05) is 0 Å². The molecule has 1 unspecified atom stereocenters. The summed E-state index contributed by atoms with van der Waals surface area (Å²) in [4.78, 5) is 0. The normalized spacial score (nSPS) is 17.4. The summed E-state index contributed by atoms with van der Waals surface area (Å²) >= 11 is 0. The highest BCUT2D eigenvalue weighted by Crippen LogP contribution is 2.32. The SMILES string of the molecule is CC(NCCc1cc(F)cc(F)c1)C1CC1. The molecule has 16 heavy (non-hydrogen) atoms. The number of hydrogen-bond acceptors (Lipinski definition) is 1. The lowest BCUT2D eigenvalue weighted by atomic mass is 10.1. The highest BCUT2D eigenvalue weighted by atomic mass is 19.1. The molecule has 1 fully saturated rings. The molecule has 88 valence electrons. The van der Waals surface area contributed by atoms with Crippen LogP contribution in [-0.4, -0.2) is 12.6 Å². The first-order chi connectivity index (χ1) is 7.65. The van der Waals surface area contributed by atoms with Crippen molar-refractivity contribution >= 4 is 0 Å². The van der Waals surface area contributed by atoms with Crippen LogP contribution in [0.25, 0.3) is 0 Å². The number of rotatable bonds is 5. The van der Waals surface area contributed by atoms with Crippen LogP contribution in [0.4, 0.5) is 8.78 Å². The minimum Gasteiger partial charge on any atom is -0.314 e. The molecule has 0 heterocycles. The zero-order chi connectivity index (χ0) is 11.5. The minimum atomic E-state index is -0.495. The Balaban J connectivity index is 1.79. The van der Waals surface area contributed by atoms with Gasteiger partial charge in [-0.2, -0.15) is 0 Å². The quantitative estimate of drug-likeness (QED) is 0.812. The molecule has 1 aromatic carbocycles. The Labute approximate surface area is 94.9 Å². The third-order valence-electron chi connectivity index (χ3n) is 3.13. The molecule has 1 saturated carbocycles. The molecule has 0 spiro atoms. The molecule has 0 bridgehead atoms. The molecular weight excluding hydrogens is 208 g/mol. The Kier molecular flexibility index (Phi) is 3.54. The molecule has 0 aromatic heterocycles. The van der Waals surface area contributed by atoms with E-state index in [9.17, 15) is 8.78 Å². The van der Waals surface area contributed by atoms with E-state index in [-0.39, 0.29) is 0 Å². The fourth-order valence-electron chi connectivity index (χ4n) is 1.96. The largest absolute Gasteiger partial charge is 0.314 e. The smallest absolute Gasteiger partial charge is 0.126 e. The molecular formula is C13H17F2N. The standard InChI is InChI=1S/C13H17F2N/c1-9(11-2-3-11)16-5-4-10-6-12(14)8-13(15)7-10/h6-9,11,16H,2-5H2,1H3. The molecule has 1 aromatic rings. The number of nitrogens with one attached hydrogen (secondary N) is 1. The Morgan fingerprint density at radius 3 is 2.44 bits per heavy atom. The van der Waals surface area contributed by atoms with E-state index in [4.69, 9.17) is 0 Å². The molecule has 1 nitrogen and oxygen atoms in total. The summed E-state index contributed by atoms with van der Waals surface area (Å²) in [5, 5.41) is 3.39. The van der Waals surface area contributed by atoms with Gasteiger partial charge in [0.2, 0.25) is 0 Å². The molecule has 0 radical (unpaired) electrons. The average Bonchev–Trinajstić information content (AvgIpc) is 2.98. The van der Waals surface area contributed by atoms with Gasteiger partial charge >= 0.3 is 0 Å². The summed E-state index contributed by atoms with van der Waals surface area (Å²) in [7, 11) is 0. The average molecular weight is 225 g/mol. The summed E-state index contributed by atoms with van der Waals surface area (Å²) in [5.74, 6) is -0.181. The van der Waals surface area contributed by atoms with Crippen molar-refractivity contribution in [2.24, 2.45) is 5.92 Å². The second-order valence-corrected chi connectivity index (χ2v) is 4.61. The second-order valence-electron chi connectivity index (χ2n) is 4.61. The van der Waals surface area contributed by atoms with E-state index in [1.165, 1.54) is 25.0 Å². The van der Waals surface area contributed by atoms with Crippen LogP contribution in [0, 0.1) is 17.6 Å². The van der Waals surface area contributed by atoms with Crippen molar-refractivity contribution in [1.29, 1.82) is 0 Å². The molecule has 0 amide bonds. The summed E-state index contributed by atoms with van der Waals surface area (Å²) in [6.07, 6.45) is 3.29. The summed E-state index contributed by atoms with van der Waals surface area (Å²) in [6, 6.07) is 4.22. The zero-order valence-corrected chi connectivity index (χ0v) is 9.47. The van der Waals surface area contributed by atoms with Gasteiger partial charge in [0.25, 0.3) is 0 Å². The van der Waals surface area contributed by atoms with Gasteiger partial charge in [-0.05, 0) is 56.3 Å². The molecule has 1 atom stereocenters. The van der Waals surface area contributed by atoms with Crippen LogP contribution < -0.4 is 5.32 Å². The van der Waals surface area contributed by atoms with Gasteiger partial charge in [-0.1, -0.05) is 0 Å². The van der Waals surface area contributed by atoms with Gasteiger partial charge in [-0.3, -0.25) is 0 Å². The predicted molar refractivity (Wildman–Crippen MR) is 60.3 cm³/mol. The van der Waals surface area contributed by atoms with Gasteiger partial charge in [-0.15, -0.1) is 0 Å². The maximum absolute atomic E-state index is 12.9. The zero-order valence-electron chi connectivity index (χ0n) is 9.47. The van der Waals surface area contributed by atoms with Gasteiger partial charge in [0, 0.05) is 12.1 Å². The van der Waals surface area contributed by atoms with Crippen LogP contribution in [0.3, 0.4) is 0 Å². The number of hydrogen-bond donors (Lipinski definition) is 1. The van der Waals surface area contributed by atoms with Crippen LogP contribution in [0.2, 0.25) is 0 Å². The molecule has 1 aliphatic rings. The van der Waals surface area contributed by atoms with Gasteiger partial charge in [0.15, 0.2) is 0 Å². The van der Waals surface area contributed by atoms with E-state index in [2.05, 4.69) is 12.2 Å². The number of halogens is 2. The first-order valence-electron chi connectivity index (χ1n) is 5.83. The van der Waals surface area contributed by atoms with Gasteiger partial charge < -0.3 is 5.32 Å². The minimum absolute atomic E-state index is 0.495. The molecule has 1 N–H and O–H groups in total. The van der Waals surface area contributed by atoms with Crippen molar-refractivity contribution in [2.45, 2.75) is 32.2 Å². The van der Waals surface area contributed by atoms with E-state index < -0.39 is 11.6 Å². The lowest BCUT2D eigenvalue weighted by molar-refractivity contribution is 0.499. The van der Waals surface area contributed by atoms with Gasteiger partial charge in [-0.25, -0.2) is 8.78 Å². The maximum Gasteiger partial charge on any atom is 0.126 e. The van der Waals surface area contributed by atoms with Crippen molar-refractivity contribution in [3.8, 4) is 0 Å². The molecule has 0 saturated heterocycles. The highest BCUT2D eigenvalue weighted by Gasteiger charge is 2.27. The fraction of sp³-hybridized carbons (Fsp3) is 0.538. The van der Waals surface area contributed by atoms with Crippen molar-refractivity contribution in [1.82, 2.24) is 5.32 Å². The van der Waals surface area contributed by atoms with E-state index >= 15 is 0 Å². The van der Waals surface area contributed by atoms with E-state index in [1.54, 1.807) is 0 Å². The third kappa shape index (κ3) is 3.27. The lowest BCUT2D eigenvalue weighted by Crippen LogP contribution is -2.29. The van der Waals surface area contributed by atoms with E-state index in [0.29, 0.717) is 18.0 Å². The Hall–Kier alpha value is -0.960. The van der Waals surface area contributed by atoms with Crippen LogP contribution in [0.5, 0.6) is 0 Å². The summed E-state index contributed by atoms with van der Waals surface area (Å²) in [6.45, 7) is 2.95. The lowest BCUT2D eigenvalue weighted by Gasteiger charge is -2.12. The topological polar surface area (TPSA) is 12.0 Å². The first kappa shape index (κ1) is 11.5. The second kappa shape index (κ2) is 4.91.